The average Bonchev–Trinajstić information content (AvgIpc) is 2.72. The number of amides is 1. The monoisotopic (exact) mass is 408 g/mol. The number of thiophene rings is 1. The predicted octanol–water partition coefficient (Wildman–Crippen LogP) is 3.73. The van der Waals surface area contributed by atoms with Crippen molar-refractivity contribution >= 4 is 49.1 Å². The quantitative estimate of drug-likeness (QED) is 0.821. The maximum absolute atomic E-state index is 12.0. The minimum absolute atomic E-state index is 0.0318. The fraction of sp³-hybridized carbons (Fsp3) is 0.615. The van der Waals surface area contributed by atoms with E-state index < -0.39 is 0 Å². The maximum atomic E-state index is 12.0. The lowest BCUT2D eigenvalue weighted by Gasteiger charge is -2.28. The van der Waals surface area contributed by atoms with E-state index in [-0.39, 0.29) is 5.91 Å². The number of hydrogen-bond acceptors (Lipinski definition) is 3. The zero-order valence-electron chi connectivity index (χ0n) is 10.9. The normalized spacial score (nSPS) is 17.6. The first-order valence-electron chi connectivity index (χ1n) is 6.48. The summed E-state index contributed by atoms with van der Waals surface area (Å²) in [5.41, 5.74) is 0. The summed E-state index contributed by atoms with van der Waals surface area (Å²) in [6.07, 6.45) is 3.60. The molecule has 0 radical (unpaired) electrons. The Morgan fingerprint density at radius 3 is 2.74 bits per heavy atom. The van der Waals surface area contributed by atoms with Gasteiger partial charge in [0.15, 0.2) is 0 Å². The van der Waals surface area contributed by atoms with Crippen molar-refractivity contribution in [3.8, 4) is 0 Å². The molecule has 0 unspecified atom stereocenters. The summed E-state index contributed by atoms with van der Waals surface area (Å²) in [7, 11) is 2.17. The first-order valence-corrected chi connectivity index (χ1v) is 8.88. The number of nitrogens with one attached hydrogen (secondary N) is 1. The minimum atomic E-state index is 0.0318. The molecule has 1 fully saturated rings. The zero-order chi connectivity index (χ0) is 13.8. The van der Waals surface area contributed by atoms with Gasteiger partial charge in [-0.1, -0.05) is 0 Å². The topological polar surface area (TPSA) is 32.3 Å². The predicted molar refractivity (Wildman–Crippen MR) is 86.9 cm³/mol. The van der Waals surface area contributed by atoms with E-state index in [1.165, 1.54) is 37.3 Å². The first-order chi connectivity index (χ1) is 9.06. The first kappa shape index (κ1) is 15.5. The van der Waals surface area contributed by atoms with E-state index in [0.29, 0.717) is 0 Å². The van der Waals surface area contributed by atoms with Crippen LogP contribution in [-0.2, 0) is 0 Å². The third-order valence-electron chi connectivity index (χ3n) is 3.55. The van der Waals surface area contributed by atoms with Crippen LogP contribution in [0.4, 0.5) is 0 Å². The Balaban J connectivity index is 1.72. The van der Waals surface area contributed by atoms with Gasteiger partial charge in [-0.2, -0.15) is 0 Å². The summed E-state index contributed by atoms with van der Waals surface area (Å²) in [5, 5.41) is 3.01. The summed E-state index contributed by atoms with van der Waals surface area (Å²) in [6, 6.07) is 1.86. The van der Waals surface area contributed by atoms with Gasteiger partial charge in [-0.25, -0.2) is 0 Å². The molecule has 1 N–H and O–H groups in total. The number of halogens is 2. The van der Waals surface area contributed by atoms with Crippen LogP contribution in [-0.4, -0.2) is 37.5 Å². The average molecular weight is 410 g/mol. The van der Waals surface area contributed by atoms with Crippen LogP contribution in [0.3, 0.4) is 0 Å². The van der Waals surface area contributed by atoms with Crippen molar-refractivity contribution in [1.82, 2.24) is 10.2 Å². The van der Waals surface area contributed by atoms with Gasteiger partial charge in [0.05, 0.1) is 8.66 Å². The molecule has 0 aromatic carbocycles. The minimum Gasteiger partial charge on any atom is -0.351 e. The Labute approximate surface area is 135 Å². The Bertz CT molecular complexity index is 422. The highest BCUT2D eigenvalue weighted by molar-refractivity contribution is 9.13. The highest BCUT2D eigenvalue weighted by Gasteiger charge is 2.17. The standard InChI is InChI=1S/C13H18Br2N2OS/c1-17-6-3-9(4-7-17)2-5-16-13(18)11-8-10(14)12(15)19-11/h8-9H,2-7H2,1H3,(H,16,18). The molecular weight excluding hydrogens is 392 g/mol. The van der Waals surface area contributed by atoms with Crippen molar-refractivity contribution < 1.29 is 4.79 Å². The van der Waals surface area contributed by atoms with E-state index in [0.717, 1.165) is 32.0 Å². The van der Waals surface area contributed by atoms with Gasteiger partial charge in [-0.3, -0.25) is 4.79 Å². The van der Waals surface area contributed by atoms with E-state index in [9.17, 15) is 4.79 Å². The molecule has 1 aliphatic rings. The van der Waals surface area contributed by atoms with Gasteiger partial charge in [0, 0.05) is 11.0 Å². The lowest BCUT2D eigenvalue weighted by molar-refractivity contribution is 0.0953. The van der Waals surface area contributed by atoms with Crippen LogP contribution in [0.5, 0.6) is 0 Å². The van der Waals surface area contributed by atoms with Crippen molar-refractivity contribution in [2.24, 2.45) is 5.92 Å². The number of carbonyl (C=O) groups excluding carboxylic acids is 1. The second-order valence-electron chi connectivity index (χ2n) is 5.02. The molecular formula is C13H18Br2N2OS. The smallest absolute Gasteiger partial charge is 0.261 e. The van der Waals surface area contributed by atoms with Crippen molar-refractivity contribution in [2.75, 3.05) is 26.7 Å². The SMILES string of the molecule is CN1CCC(CCNC(=O)c2cc(Br)c(Br)s2)CC1. The molecule has 2 rings (SSSR count). The molecule has 6 heteroatoms. The van der Waals surface area contributed by atoms with Gasteiger partial charge >= 0.3 is 0 Å². The third-order valence-corrected chi connectivity index (χ3v) is 6.80. The fourth-order valence-electron chi connectivity index (χ4n) is 2.29. The zero-order valence-corrected chi connectivity index (χ0v) is 14.9. The van der Waals surface area contributed by atoms with E-state index in [1.54, 1.807) is 0 Å². The van der Waals surface area contributed by atoms with Gasteiger partial charge < -0.3 is 10.2 Å². The molecule has 1 aromatic rings. The van der Waals surface area contributed by atoms with Gasteiger partial charge in [0.1, 0.15) is 0 Å². The Morgan fingerprint density at radius 1 is 1.47 bits per heavy atom. The lowest BCUT2D eigenvalue weighted by atomic mass is 9.94. The van der Waals surface area contributed by atoms with Crippen LogP contribution >= 0.6 is 43.2 Å². The molecule has 3 nitrogen and oxygen atoms in total. The van der Waals surface area contributed by atoms with Gasteiger partial charge in [0.25, 0.3) is 5.91 Å². The molecule has 1 aromatic heterocycles. The molecule has 0 spiro atoms. The lowest BCUT2D eigenvalue weighted by Crippen LogP contribution is -2.32. The Hall–Kier alpha value is 0.0900. The van der Waals surface area contributed by atoms with E-state index in [4.69, 9.17) is 0 Å². The van der Waals surface area contributed by atoms with Gasteiger partial charge in [-0.05, 0) is 83.2 Å². The molecule has 2 heterocycles. The summed E-state index contributed by atoms with van der Waals surface area (Å²) in [4.78, 5) is 15.1. The summed E-state index contributed by atoms with van der Waals surface area (Å²) in [5.74, 6) is 0.794. The summed E-state index contributed by atoms with van der Waals surface area (Å²) < 4.78 is 1.91. The molecule has 19 heavy (non-hydrogen) atoms. The number of likely N-dealkylation sites (tertiary alicyclic amines) is 1. The fourth-order valence-corrected chi connectivity index (χ4v) is 4.24. The second-order valence-corrected chi connectivity index (χ2v) is 8.25. The van der Waals surface area contributed by atoms with Gasteiger partial charge in [-0.15, -0.1) is 11.3 Å². The highest BCUT2D eigenvalue weighted by atomic mass is 79.9. The number of nitrogens with zero attached hydrogens (tertiary/aromatic N) is 1. The van der Waals surface area contributed by atoms with Crippen molar-refractivity contribution in [2.45, 2.75) is 19.3 Å². The molecule has 0 atom stereocenters. The van der Waals surface area contributed by atoms with E-state index >= 15 is 0 Å². The Morgan fingerprint density at radius 2 is 2.16 bits per heavy atom. The van der Waals surface area contributed by atoms with Gasteiger partial charge in [0.2, 0.25) is 0 Å². The van der Waals surface area contributed by atoms with Crippen molar-refractivity contribution in [3.63, 3.8) is 0 Å². The highest BCUT2D eigenvalue weighted by Crippen LogP contribution is 2.32. The Kier molecular flexibility index (Phi) is 5.87. The molecule has 106 valence electrons. The van der Waals surface area contributed by atoms with Crippen LogP contribution in [0.25, 0.3) is 0 Å². The number of rotatable bonds is 4. The molecule has 0 saturated carbocycles. The summed E-state index contributed by atoms with van der Waals surface area (Å²) >= 11 is 8.27. The second kappa shape index (κ2) is 7.20. The van der Waals surface area contributed by atoms with Crippen LogP contribution in [0.2, 0.25) is 0 Å². The maximum Gasteiger partial charge on any atom is 0.261 e. The molecule has 1 amide bonds. The van der Waals surface area contributed by atoms with Crippen LogP contribution in [0.1, 0.15) is 28.9 Å². The number of hydrogen-bond donors (Lipinski definition) is 1. The number of carbonyl (C=O) groups is 1. The van der Waals surface area contributed by atoms with Crippen molar-refractivity contribution in [3.05, 3.63) is 19.2 Å². The largest absolute Gasteiger partial charge is 0.351 e. The molecule has 0 aliphatic carbocycles. The van der Waals surface area contributed by atoms with Crippen molar-refractivity contribution in [1.29, 1.82) is 0 Å². The van der Waals surface area contributed by atoms with E-state index in [2.05, 4.69) is 49.1 Å². The molecule has 0 bridgehead atoms. The molecule has 1 aliphatic heterocycles. The number of piperidine rings is 1. The van der Waals surface area contributed by atoms with E-state index in [1.807, 2.05) is 6.07 Å². The van der Waals surface area contributed by atoms with Crippen LogP contribution in [0, 0.1) is 5.92 Å². The van der Waals surface area contributed by atoms with Crippen LogP contribution < -0.4 is 5.32 Å². The molecule has 1 saturated heterocycles. The van der Waals surface area contributed by atoms with Crippen LogP contribution in [0.15, 0.2) is 14.3 Å². The summed E-state index contributed by atoms with van der Waals surface area (Å²) in [6.45, 7) is 3.15. The third kappa shape index (κ3) is 4.55.